The third-order valence-electron chi connectivity index (χ3n) is 3.80. The Morgan fingerprint density at radius 2 is 1.67 bits per heavy atom. The van der Waals surface area contributed by atoms with Gasteiger partial charge < -0.3 is 15.4 Å². The zero-order valence-electron chi connectivity index (χ0n) is 15.5. The van der Waals surface area contributed by atoms with Crippen molar-refractivity contribution in [3.8, 4) is 11.5 Å². The van der Waals surface area contributed by atoms with Crippen molar-refractivity contribution >= 4 is 17.3 Å². The maximum Gasteiger partial charge on any atom is 0.274 e. The molecule has 0 fully saturated rings. The third kappa shape index (κ3) is 5.57. The number of carbonyl (C=O) groups excluding carboxylic acids is 1. The van der Waals surface area contributed by atoms with Crippen LogP contribution in [0.25, 0.3) is 0 Å². The molecule has 1 heterocycles. The third-order valence-corrected chi connectivity index (χ3v) is 3.80. The molecule has 0 aliphatic rings. The molecule has 27 heavy (non-hydrogen) atoms. The normalized spacial score (nSPS) is 10.5. The first-order chi connectivity index (χ1) is 13.1. The van der Waals surface area contributed by atoms with Gasteiger partial charge in [-0.2, -0.15) is 0 Å². The Hall–Kier alpha value is -3.34. The van der Waals surface area contributed by atoms with Crippen LogP contribution in [0, 0.1) is 5.92 Å². The molecule has 0 aliphatic heterocycles. The summed E-state index contributed by atoms with van der Waals surface area (Å²) in [7, 11) is 0. The summed E-state index contributed by atoms with van der Waals surface area (Å²) in [5.41, 5.74) is 1.94. The summed E-state index contributed by atoms with van der Waals surface area (Å²) in [6, 6.07) is 20.4. The summed E-state index contributed by atoms with van der Waals surface area (Å²) in [6.07, 6.45) is 1.63. The molecular weight excluding hydrogens is 338 g/mol. The highest BCUT2D eigenvalue weighted by atomic mass is 16.5. The van der Waals surface area contributed by atoms with E-state index in [1.54, 1.807) is 24.4 Å². The quantitative estimate of drug-likeness (QED) is 0.607. The fraction of sp³-hybridized carbons (Fsp3) is 0.182. The van der Waals surface area contributed by atoms with Gasteiger partial charge in [0.25, 0.3) is 5.91 Å². The fourth-order valence-corrected chi connectivity index (χ4v) is 2.41. The van der Waals surface area contributed by atoms with Gasteiger partial charge in [0.2, 0.25) is 0 Å². The lowest BCUT2D eigenvalue weighted by Gasteiger charge is -2.10. The van der Waals surface area contributed by atoms with Gasteiger partial charge in [0.05, 0.1) is 0 Å². The Morgan fingerprint density at radius 1 is 0.963 bits per heavy atom. The van der Waals surface area contributed by atoms with Crippen LogP contribution in [0.2, 0.25) is 0 Å². The zero-order valence-corrected chi connectivity index (χ0v) is 15.5. The number of hydrogen-bond donors (Lipinski definition) is 2. The monoisotopic (exact) mass is 361 g/mol. The number of amides is 1. The number of para-hydroxylation sites is 1. The Balaban J connectivity index is 1.61. The average molecular weight is 361 g/mol. The molecule has 0 saturated heterocycles. The number of carbonyl (C=O) groups is 1. The van der Waals surface area contributed by atoms with E-state index in [9.17, 15) is 4.79 Å². The topological polar surface area (TPSA) is 63.2 Å². The Labute approximate surface area is 159 Å². The van der Waals surface area contributed by atoms with Crippen LogP contribution in [0.3, 0.4) is 0 Å². The lowest BCUT2D eigenvalue weighted by Crippen LogP contribution is -2.14. The molecule has 0 unspecified atom stereocenters. The molecule has 138 valence electrons. The predicted octanol–water partition coefficient (Wildman–Crippen LogP) is 5.19. The van der Waals surface area contributed by atoms with Crippen LogP contribution >= 0.6 is 0 Å². The highest BCUT2D eigenvalue weighted by Gasteiger charge is 2.09. The van der Waals surface area contributed by atoms with E-state index in [-0.39, 0.29) is 5.91 Å². The number of hydrogen-bond acceptors (Lipinski definition) is 4. The van der Waals surface area contributed by atoms with E-state index in [0.717, 1.165) is 18.0 Å². The molecule has 0 bridgehead atoms. The van der Waals surface area contributed by atoms with Crippen molar-refractivity contribution in [1.29, 1.82) is 0 Å². The second-order valence-electron chi connectivity index (χ2n) is 6.60. The molecule has 3 rings (SSSR count). The average Bonchev–Trinajstić information content (AvgIpc) is 2.69. The van der Waals surface area contributed by atoms with Crippen molar-refractivity contribution in [3.63, 3.8) is 0 Å². The van der Waals surface area contributed by atoms with E-state index in [1.807, 2.05) is 48.5 Å². The van der Waals surface area contributed by atoms with E-state index in [4.69, 9.17) is 4.74 Å². The molecule has 0 saturated carbocycles. The number of nitrogens with zero attached hydrogens (tertiary/aromatic N) is 1. The first kappa shape index (κ1) is 18.5. The summed E-state index contributed by atoms with van der Waals surface area (Å²) < 4.78 is 5.75. The standard InChI is InChI=1S/C22H23N3O2/c1-16(2)15-24-18-12-13-23-21(14-18)22(26)25-17-8-10-20(11-9-17)27-19-6-4-3-5-7-19/h3-14,16H,15H2,1-2H3,(H,23,24)(H,25,26). The Kier molecular flexibility index (Phi) is 6.05. The first-order valence-corrected chi connectivity index (χ1v) is 8.94. The number of rotatable bonds is 7. The van der Waals surface area contributed by atoms with Gasteiger partial charge >= 0.3 is 0 Å². The van der Waals surface area contributed by atoms with Gasteiger partial charge in [0, 0.05) is 24.1 Å². The van der Waals surface area contributed by atoms with E-state index in [1.165, 1.54) is 0 Å². The number of pyridine rings is 1. The fourth-order valence-electron chi connectivity index (χ4n) is 2.41. The number of ether oxygens (including phenoxy) is 1. The molecule has 1 amide bonds. The van der Waals surface area contributed by atoms with Crippen LogP contribution < -0.4 is 15.4 Å². The van der Waals surface area contributed by atoms with Crippen LogP contribution in [-0.4, -0.2) is 17.4 Å². The molecule has 0 atom stereocenters. The van der Waals surface area contributed by atoms with Gasteiger partial charge in [0.15, 0.2) is 0 Å². The van der Waals surface area contributed by atoms with Crippen LogP contribution in [0.15, 0.2) is 72.9 Å². The molecule has 3 aromatic rings. The summed E-state index contributed by atoms with van der Waals surface area (Å²) >= 11 is 0. The second-order valence-corrected chi connectivity index (χ2v) is 6.60. The molecule has 0 spiro atoms. The van der Waals surface area contributed by atoms with Crippen molar-refractivity contribution in [2.45, 2.75) is 13.8 Å². The highest BCUT2D eigenvalue weighted by molar-refractivity contribution is 6.03. The summed E-state index contributed by atoms with van der Waals surface area (Å²) in [5.74, 6) is 1.74. The van der Waals surface area contributed by atoms with E-state index in [2.05, 4.69) is 29.5 Å². The van der Waals surface area contributed by atoms with Crippen LogP contribution in [-0.2, 0) is 0 Å². The van der Waals surface area contributed by atoms with E-state index < -0.39 is 0 Å². The van der Waals surface area contributed by atoms with Crippen molar-refractivity contribution < 1.29 is 9.53 Å². The molecule has 2 aromatic carbocycles. The summed E-state index contributed by atoms with van der Waals surface area (Å²) in [6.45, 7) is 5.11. The lowest BCUT2D eigenvalue weighted by atomic mass is 10.2. The molecule has 1 aromatic heterocycles. The number of aromatic nitrogens is 1. The number of nitrogens with one attached hydrogen (secondary N) is 2. The van der Waals surface area contributed by atoms with Gasteiger partial charge in [-0.05, 0) is 54.4 Å². The maximum atomic E-state index is 12.4. The molecule has 5 heteroatoms. The maximum absolute atomic E-state index is 12.4. The number of anilines is 2. The second kappa shape index (κ2) is 8.85. The Bertz CT molecular complexity index is 878. The molecular formula is C22H23N3O2. The molecule has 0 radical (unpaired) electrons. The van der Waals surface area contributed by atoms with Gasteiger partial charge in [-0.15, -0.1) is 0 Å². The van der Waals surface area contributed by atoms with Gasteiger partial charge in [-0.1, -0.05) is 32.0 Å². The predicted molar refractivity (Wildman–Crippen MR) is 108 cm³/mol. The van der Waals surface area contributed by atoms with E-state index in [0.29, 0.717) is 23.0 Å². The highest BCUT2D eigenvalue weighted by Crippen LogP contribution is 2.23. The molecule has 2 N–H and O–H groups in total. The van der Waals surface area contributed by atoms with Gasteiger partial charge in [0.1, 0.15) is 17.2 Å². The van der Waals surface area contributed by atoms with Gasteiger partial charge in [-0.3, -0.25) is 9.78 Å². The van der Waals surface area contributed by atoms with Gasteiger partial charge in [-0.25, -0.2) is 0 Å². The minimum Gasteiger partial charge on any atom is -0.457 e. The first-order valence-electron chi connectivity index (χ1n) is 8.94. The smallest absolute Gasteiger partial charge is 0.274 e. The number of benzene rings is 2. The molecule has 0 aliphatic carbocycles. The minimum absolute atomic E-state index is 0.250. The van der Waals surface area contributed by atoms with Crippen molar-refractivity contribution in [1.82, 2.24) is 4.98 Å². The van der Waals surface area contributed by atoms with Crippen molar-refractivity contribution in [3.05, 3.63) is 78.6 Å². The SMILES string of the molecule is CC(C)CNc1ccnc(C(=O)Nc2ccc(Oc3ccccc3)cc2)c1. The lowest BCUT2D eigenvalue weighted by molar-refractivity contribution is 0.102. The van der Waals surface area contributed by atoms with Crippen molar-refractivity contribution in [2.75, 3.05) is 17.2 Å². The molecule has 5 nitrogen and oxygen atoms in total. The zero-order chi connectivity index (χ0) is 19.1. The largest absolute Gasteiger partial charge is 0.457 e. The van der Waals surface area contributed by atoms with E-state index >= 15 is 0 Å². The van der Waals surface area contributed by atoms with Crippen molar-refractivity contribution in [2.24, 2.45) is 5.92 Å². The van der Waals surface area contributed by atoms with Crippen LogP contribution in [0.5, 0.6) is 11.5 Å². The van der Waals surface area contributed by atoms with Crippen LogP contribution in [0.4, 0.5) is 11.4 Å². The Morgan fingerprint density at radius 3 is 2.37 bits per heavy atom. The van der Waals surface area contributed by atoms with Crippen LogP contribution in [0.1, 0.15) is 24.3 Å². The minimum atomic E-state index is -0.250. The summed E-state index contributed by atoms with van der Waals surface area (Å²) in [5, 5.41) is 6.15. The summed E-state index contributed by atoms with van der Waals surface area (Å²) in [4.78, 5) is 16.6.